The number of likely N-dealkylation sites (tertiary alicyclic amines) is 1. The Morgan fingerprint density at radius 2 is 2.00 bits per heavy atom. The summed E-state index contributed by atoms with van der Waals surface area (Å²) in [4.78, 5) is 6.93. The third-order valence-corrected chi connectivity index (χ3v) is 4.51. The largest absolute Gasteiger partial charge is 0.290 e. The molecule has 1 aromatic carbocycles. The van der Waals surface area contributed by atoms with Crippen LogP contribution in [0.15, 0.2) is 61.1 Å². The Morgan fingerprint density at radius 3 is 2.83 bits per heavy atom. The van der Waals surface area contributed by atoms with E-state index in [9.17, 15) is 4.39 Å². The van der Waals surface area contributed by atoms with Crippen molar-refractivity contribution in [3.05, 3.63) is 78.1 Å². The fourth-order valence-electron chi connectivity index (χ4n) is 3.37. The van der Waals surface area contributed by atoms with Crippen molar-refractivity contribution in [1.29, 1.82) is 0 Å². The molecular weight excluding hydrogens is 303 g/mol. The minimum Gasteiger partial charge on any atom is -0.290 e. The summed E-state index contributed by atoms with van der Waals surface area (Å²) in [6.07, 6.45) is 7.87. The Kier molecular flexibility index (Phi) is 4.09. The van der Waals surface area contributed by atoms with Crippen molar-refractivity contribution in [2.24, 2.45) is 0 Å². The van der Waals surface area contributed by atoms with E-state index >= 15 is 0 Å². The average molecular weight is 322 g/mol. The van der Waals surface area contributed by atoms with E-state index in [1.807, 2.05) is 36.8 Å². The van der Waals surface area contributed by atoms with Crippen molar-refractivity contribution < 1.29 is 4.39 Å². The molecule has 24 heavy (non-hydrogen) atoms. The fraction of sp³-hybridized carbons (Fsp3) is 0.263. The molecule has 1 aliphatic heterocycles. The van der Waals surface area contributed by atoms with Crippen LogP contribution >= 0.6 is 0 Å². The third kappa shape index (κ3) is 2.95. The zero-order valence-electron chi connectivity index (χ0n) is 13.3. The summed E-state index contributed by atoms with van der Waals surface area (Å²) in [5.41, 5.74) is 2.68. The van der Waals surface area contributed by atoms with E-state index in [0.717, 1.165) is 30.8 Å². The van der Waals surface area contributed by atoms with Crippen LogP contribution < -0.4 is 0 Å². The van der Waals surface area contributed by atoms with Gasteiger partial charge < -0.3 is 0 Å². The number of rotatable bonds is 4. The molecule has 4 rings (SSSR count). The highest BCUT2D eigenvalue weighted by molar-refractivity contribution is 5.33. The zero-order valence-corrected chi connectivity index (χ0v) is 13.3. The number of benzene rings is 1. The van der Waals surface area contributed by atoms with Gasteiger partial charge in [0.05, 0.1) is 17.9 Å². The first kappa shape index (κ1) is 15.0. The molecule has 0 N–H and O–H groups in total. The number of halogens is 1. The molecule has 1 fully saturated rings. The maximum absolute atomic E-state index is 13.9. The molecule has 0 unspecified atom stereocenters. The Balaban J connectivity index is 1.53. The lowest BCUT2D eigenvalue weighted by Crippen LogP contribution is -2.23. The second kappa shape index (κ2) is 6.53. The molecule has 0 aliphatic carbocycles. The van der Waals surface area contributed by atoms with Crippen LogP contribution in [0.25, 0.3) is 5.69 Å². The summed E-state index contributed by atoms with van der Waals surface area (Å²) in [5, 5.41) is 4.32. The summed E-state index contributed by atoms with van der Waals surface area (Å²) >= 11 is 0. The first-order valence-electron chi connectivity index (χ1n) is 8.25. The van der Waals surface area contributed by atoms with Crippen molar-refractivity contribution in [2.45, 2.75) is 25.4 Å². The van der Waals surface area contributed by atoms with Crippen LogP contribution in [0, 0.1) is 5.82 Å². The van der Waals surface area contributed by atoms with Gasteiger partial charge in [0.25, 0.3) is 0 Å². The van der Waals surface area contributed by atoms with Crippen molar-refractivity contribution >= 4 is 0 Å². The monoisotopic (exact) mass is 322 g/mol. The first-order valence-corrected chi connectivity index (χ1v) is 8.25. The minimum atomic E-state index is -0.264. The molecule has 0 saturated carbocycles. The van der Waals surface area contributed by atoms with Gasteiger partial charge >= 0.3 is 0 Å². The molecule has 3 aromatic rings. The molecule has 0 amide bonds. The van der Waals surface area contributed by atoms with Crippen LogP contribution in [0.5, 0.6) is 0 Å². The highest BCUT2D eigenvalue weighted by Gasteiger charge is 2.27. The van der Waals surface area contributed by atoms with Gasteiger partial charge in [-0.25, -0.2) is 9.07 Å². The van der Waals surface area contributed by atoms with Gasteiger partial charge in [-0.15, -0.1) is 0 Å². The number of para-hydroxylation sites is 1. The molecule has 3 heterocycles. The van der Waals surface area contributed by atoms with Crippen molar-refractivity contribution in [3.8, 4) is 5.69 Å². The van der Waals surface area contributed by atoms with Gasteiger partial charge in [-0.2, -0.15) is 5.10 Å². The van der Waals surface area contributed by atoms with Gasteiger partial charge in [0.2, 0.25) is 0 Å². The lowest BCUT2D eigenvalue weighted by molar-refractivity contribution is 0.244. The van der Waals surface area contributed by atoms with E-state index in [1.54, 1.807) is 16.8 Å². The van der Waals surface area contributed by atoms with Crippen LogP contribution in [0.1, 0.15) is 30.1 Å². The number of nitrogens with zero attached hydrogens (tertiary/aromatic N) is 4. The average Bonchev–Trinajstić information content (AvgIpc) is 3.26. The minimum absolute atomic E-state index is 0.264. The predicted octanol–water partition coefficient (Wildman–Crippen LogP) is 3.74. The number of hydrogen-bond acceptors (Lipinski definition) is 3. The van der Waals surface area contributed by atoms with Crippen LogP contribution in [-0.4, -0.2) is 26.2 Å². The fourth-order valence-corrected chi connectivity index (χ4v) is 3.37. The van der Waals surface area contributed by atoms with E-state index in [0.29, 0.717) is 11.7 Å². The Morgan fingerprint density at radius 1 is 1.12 bits per heavy atom. The van der Waals surface area contributed by atoms with Crippen LogP contribution in [0.3, 0.4) is 0 Å². The van der Waals surface area contributed by atoms with Crippen molar-refractivity contribution in [3.63, 3.8) is 0 Å². The van der Waals surface area contributed by atoms with Crippen molar-refractivity contribution in [1.82, 2.24) is 19.7 Å². The molecule has 1 saturated heterocycles. The molecule has 0 bridgehead atoms. The van der Waals surface area contributed by atoms with Gasteiger partial charge in [-0.3, -0.25) is 9.88 Å². The smallest absolute Gasteiger partial charge is 0.148 e. The van der Waals surface area contributed by atoms with Gasteiger partial charge in [0, 0.05) is 24.5 Å². The number of hydrogen-bond donors (Lipinski definition) is 0. The zero-order chi connectivity index (χ0) is 16.4. The molecule has 5 heteroatoms. The van der Waals surface area contributed by atoms with Crippen molar-refractivity contribution in [2.75, 3.05) is 6.54 Å². The van der Waals surface area contributed by atoms with Crippen LogP contribution in [0.2, 0.25) is 0 Å². The van der Waals surface area contributed by atoms with Gasteiger partial charge in [-0.1, -0.05) is 18.2 Å². The summed E-state index contributed by atoms with van der Waals surface area (Å²) in [6, 6.07) is 13.1. The third-order valence-electron chi connectivity index (χ3n) is 4.51. The maximum Gasteiger partial charge on any atom is 0.148 e. The van der Waals surface area contributed by atoms with E-state index in [-0.39, 0.29) is 5.82 Å². The Bertz CT molecular complexity index is 815. The topological polar surface area (TPSA) is 34.0 Å². The van der Waals surface area contributed by atoms with E-state index in [2.05, 4.69) is 21.0 Å². The predicted molar refractivity (Wildman–Crippen MR) is 90.1 cm³/mol. The summed E-state index contributed by atoms with van der Waals surface area (Å²) in [7, 11) is 0. The molecule has 122 valence electrons. The standard InChI is InChI=1S/C19H19FN4/c20-16-6-1-2-8-18(16)24-14-15(12-22-24)13-23-11-5-9-19(23)17-7-3-4-10-21-17/h1-4,6-8,10,12,14,19H,5,9,11,13H2/t19-/m0/s1. The van der Waals surface area contributed by atoms with E-state index in [4.69, 9.17) is 0 Å². The van der Waals surface area contributed by atoms with E-state index < -0.39 is 0 Å². The normalized spacial score (nSPS) is 18.1. The maximum atomic E-state index is 13.9. The van der Waals surface area contributed by atoms with Gasteiger partial charge in [0.15, 0.2) is 0 Å². The lowest BCUT2D eigenvalue weighted by Gasteiger charge is -2.23. The highest BCUT2D eigenvalue weighted by Crippen LogP contribution is 2.31. The van der Waals surface area contributed by atoms with Crippen LogP contribution in [0.4, 0.5) is 4.39 Å². The first-order chi connectivity index (χ1) is 11.8. The summed E-state index contributed by atoms with van der Waals surface area (Å²) < 4.78 is 15.5. The second-order valence-corrected chi connectivity index (χ2v) is 6.13. The number of aromatic nitrogens is 3. The second-order valence-electron chi connectivity index (χ2n) is 6.13. The molecule has 4 nitrogen and oxygen atoms in total. The summed E-state index contributed by atoms with van der Waals surface area (Å²) in [6.45, 7) is 1.85. The molecule has 1 aliphatic rings. The molecule has 0 spiro atoms. The highest BCUT2D eigenvalue weighted by atomic mass is 19.1. The van der Waals surface area contributed by atoms with Gasteiger partial charge in [-0.05, 0) is 43.7 Å². The molecular formula is C19H19FN4. The number of pyridine rings is 1. The van der Waals surface area contributed by atoms with Gasteiger partial charge in [0.1, 0.15) is 11.5 Å². The SMILES string of the molecule is Fc1ccccc1-n1cc(CN2CCC[C@H]2c2ccccn2)cn1. The summed E-state index contributed by atoms with van der Waals surface area (Å²) in [5.74, 6) is -0.264. The Hall–Kier alpha value is -2.53. The van der Waals surface area contributed by atoms with E-state index in [1.165, 1.54) is 12.5 Å². The quantitative estimate of drug-likeness (QED) is 0.734. The van der Waals surface area contributed by atoms with Crippen LogP contribution in [-0.2, 0) is 6.54 Å². The molecule has 2 aromatic heterocycles. The molecule has 1 atom stereocenters. The Labute approximate surface area is 140 Å². The molecule has 0 radical (unpaired) electrons. The lowest BCUT2D eigenvalue weighted by atomic mass is 10.1.